The molecule has 0 spiro atoms. The number of hydrogen-bond acceptors (Lipinski definition) is 4. The third kappa shape index (κ3) is 2.84. The molecular formula is C16H20N2O3. The molecule has 0 saturated carbocycles. The molecule has 0 radical (unpaired) electrons. The van der Waals surface area contributed by atoms with E-state index in [1.807, 2.05) is 12.1 Å². The molecule has 0 aromatic heterocycles. The number of fused-ring (bicyclic) bond motifs is 1. The third-order valence-electron chi connectivity index (χ3n) is 4.29. The van der Waals surface area contributed by atoms with Crippen LogP contribution >= 0.6 is 0 Å². The van der Waals surface area contributed by atoms with Crippen molar-refractivity contribution in [3.8, 4) is 0 Å². The number of carbonyl (C=O) groups is 2. The van der Waals surface area contributed by atoms with Gasteiger partial charge in [-0.3, -0.25) is 14.5 Å². The van der Waals surface area contributed by atoms with E-state index in [0.717, 1.165) is 6.42 Å². The summed E-state index contributed by atoms with van der Waals surface area (Å²) in [6, 6.07) is 7.98. The number of benzene rings is 1. The highest BCUT2D eigenvalue weighted by Gasteiger charge is 2.32. The minimum Gasteiger partial charge on any atom is -0.372 e. The number of likely N-dealkylation sites (tertiary alicyclic amines) is 1. The number of amides is 2. The van der Waals surface area contributed by atoms with Gasteiger partial charge in [0.1, 0.15) is 0 Å². The number of hydrogen-bond donors (Lipinski definition) is 1. The van der Waals surface area contributed by atoms with Gasteiger partial charge in [-0.25, -0.2) is 0 Å². The number of rotatable bonds is 3. The number of carbonyl (C=O) groups excluding carboxylic acids is 2. The summed E-state index contributed by atoms with van der Waals surface area (Å²) in [6.45, 7) is 1.30. The monoisotopic (exact) mass is 288 g/mol. The van der Waals surface area contributed by atoms with Crippen LogP contribution in [0.1, 0.15) is 30.1 Å². The first-order valence-electron chi connectivity index (χ1n) is 7.40. The number of likely N-dealkylation sites (N-methyl/N-ethyl adjacent to an activating group) is 1. The normalized spacial score (nSPS) is 25.9. The van der Waals surface area contributed by atoms with Crippen LogP contribution < -0.4 is 5.32 Å². The Kier molecular flexibility index (Phi) is 4.03. The summed E-state index contributed by atoms with van der Waals surface area (Å²) in [5.74, 6) is -0.243. The van der Waals surface area contributed by atoms with Crippen molar-refractivity contribution in [2.45, 2.75) is 31.4 Å². The van der Waals surface area contributed by atoms with Crippen LogP contribution in [0.5, 0.6) is 0 Å². The topological polar surface area (TPSA) is 58.6 Å². The lowest BCUT2D eigenvalue weighted by molar-refractivity contribution is -0.148. The van der Waals surface area contributed by atoms with E-state index < -0.39 is 0 Å². The van der Waals surface area contributed by atoms with E-state index in [0.29, 0.717) is 26.0 Å². The average molecular weight is 288 g/mol. The first kappa shape index (κ1) is 14.2. The number of nitrogens with one attached hydrogen (secondary N) is 1. The van der Waals surface area contributed by atoms with Crippen LogP contribution in [0.25, 0.3) is 0 Å². The van der Waals surface area contributed by atoms with Gasteiger partial charge >= 0.3 is 0 Å². The standard InChI is InChI=1S/C16H20N2O3/c1-18-15(19)7-6-13(16(18)20)17-10-14-12-5-3-2-4-11(12)8-9-21-14/h2-5,13-14,17H,6-10H2,1H3. The number of ether oxygens (including phenoxy) is 1. The van der Waals surface area contributed by atoms with Crippen molar-refractivity contribution in [2.24, 2.45) is 0 Å². The van der Waals surface area contributed by atoms with E-state index in [1.54, 1.807) is 7.05 Å². The summed E-state index contributed by atoms with van der Waals surface area (Å²) in [6.07, 6.45) is 1.90. The Balaban J connectivity index is 1.64. The predicted molar refractivity (Wildman–Crippen MR) is 77.6 cm³/mol. The molecule has 5 nitrogen and oxygen atoms in total. The molecule has 5 heteroatoms. The third-order valence-corrected chi connectivity index (χ3v) is 4.29. The first-order valence-corrected chi connectivity index (χ1v) is 7.40. The van der Waals surface area contributed by atoms with Crippen LogP contribution in [0.2, 0.25) is 0 Å². The number of piperidine rings is 1. The lowest BCUT2D eigenvalue weighted by Gasteiger charge is -2.31. The summed E-state index contributed by atoms with van der Waals surface area (Å²) in [7, 11) is 1.55. The van der Waals surface area contributed by atoms with Gasteiger partial charge in [-0.05, 0) is 24.0 Å². The zero-order valence-corrected chi connectivity index (χ0v) is 12.2. The fourth-order valence-electron chi connectivity index (χ4n) is 3.00. The van der Waals surface area contributed by atoms with E-state index >= 15 is 0 Å². The van der Waals surface area contributed by atoms with E-state index in [-0.39, 0.29) is 24.0 Å². The van der Waals surface area contributed by atoms with Gasteiger partial charge in [-0.2, -0.15) is 0 Å². The highest BCUT2D eigenvalue weighted by atomic mass is 16.5. The van der Waals surface area contributed by atoms with Gasteiger partial charge in [0.05, 0.1) is 18.8 Å². The zero-order valence-electron chi connectivity index (χ0n) is 12.2. The maximum absolute atomic E-state index is 12.1. The van der Waals surface area contributed by atoms with Gasteiger partial charge < -0.3 is 10.1 Å². The molecule has 21 heavy (non-hydrogen) atoms. The number of imide groups is 1. The van der Waals surface area contributed by atoms with Crippen LogP contribution in [0.4, 0.5) is 0 Å². The quantitative estimate of drug-likeness (QED) is 0.844. The molecule has 0 aliphatic carbocycles. The Hall–Kier alpha value is -1.72. The van der Waals surface area contributed by atoms with Crippen molar-refractivity contribution >= 4 is 11.8 Å². The second kappa shape index (κ2) is 5.95. The average Bonchev–Trinajstić information content (AvgIpc) is 2.52. The van der Waals surface area contributed by atoms with Crippen molar-refractivity contribution in [2.75, 3.05) is 20.2 Å². The molecule has 2 heterocycles. The van der Waals surface area contributed by atoms with Crippen LogP contribution in [0.3, 0.4) is 0 Å². The Labute approximate surface area is 124 Å². The predicted octanol–water partition coefficient (Wildman–Crippen LogP) is 1.04. The Morgan fingerprint density at radius 3 is 2.95 bits per heavy atom. The lowest BCUT2D eigenvalue weighted by atomic mass is 9.97. The van der Waals surface area contributed by atoms with Crippen molar-refractivity contribution in [3.63, 3.8) is 0 Å². The summed E-state index contributed by atoms with van der Waals surface area (Å²) in [4.78, 5) is 24.7. The molecule has 2 aliphatic rings. The molecule has 3 rings (SSSR count). The SMILES string of the molecule is CN1C(=O)CCC(NCC2OCCc3ccccc32)C1=O. The first-order chi connectivity index (χ1) is 10.2. The molecular weight excluding hydrogens is 268 g/mol. The summed E-state index contributed by atoms with van der Waals surface area (Å²) in [5.41, 5.74) is 2.52. The minimum atomic E-state index is -0.287. The molecule has 0 bridgehead atoms. The Morgan fingerprint density at radius 2 is 2.10 bits per heavy atom. The second-order valence-corrected chi connectivity index (χ2v) is 5.60. The fraction of sp³-hybridized carbons (Fsp3) is 0.500. The molecule has 1 aromatic rings. The molecule has 112 valence electrons. The van der Waals surface area contributed by atoms with Crippen molar-refractivity contribution in [3.05, 3.63) is 35.4 Å². The van der Waals surface area contributed by atoms with Crippen molar-refractivity contribution in [1.82, 2.24) is 10.2 Å². The van der Waals surface area contributed by atoms with Gasteiger partial charge in [0.25, 0.3) is 0 Å². The molecule has 2 unspecified atom stereocenters. The van der Waals surface area contributed by atoms with E-state index in [9.17, 15) is 9.59 Å². The van der Waals surface area contributed by atoms with Crippen LogP contribution in [-0.2, 0) is 20.7 Å². The molecule has 1 fully saturated rings. The Morgan fingerprint density at radius 1 is 1.29 bits per heavy atom. The molecule has 1 aromatic carbocycles. The highest BCUT2D eigenvalue weighted by molar-refractivity contribution is 6.00. The second-order valence-electron chi connectivity index (χ2n) is 5.60. The van der Waals surface area contributed by atoms with Gasteiger partial charge in [0.2, 0.25) is 11.8 Å². The highest BCUT2D eigenvalue weighted by Crippen LogP contribution is 2.26. The largest absolute Gasteiger partial charge is 0.372 e. The maximum Gasteiger partial charge on any atom is 0.246 e. The smallest absolute Gasteiger partial charge is 0.246 e. The fourth-order valence-corrected chi connectivity index (χ4v) is 3.00. The van der Waals surface area contributed by atoms with Crippen molar-refractivity contribution in [1.29, 1.82) is 0 Å². The molecule has 2 atom stereocenters. The maximum atomic E-state index is 12.1. The van der Waals surface area contributed by atoms with Gasteiger partial charge in [-0.15, -0.1) is 0 Å². The van der Waals surface area contributed by atoms with Crippen LogP contribution in [0, 0.1) is 0 Å². The minimum absolute atomic E-state index is 0.0225. The van der Waals surface area contributed by atoms with Gasteiger partial charge in [0, 0.05) is 20.0 Å². The van der Waals surface area contributed by atoms with Crippen molar-refractivity contribution < 1.29 is 14.3 Å². The molecule has 1 saturated heterocycles. The molecule has 2 aliphatic heterocycles. The van der Waals surface area contributed by atoms with E-state index in [1.165, 1.54) is 16.0 Å². The van der Waals surface area contributed by atoms with E-state index in [2.05, 4.69) is 17.4 Å². The van der Waals surface area contributed by atoms with E-state index in [4.69, 9.17) is 4.74 Å². The van der Waals surface area contributed by atoms with Crippen LogP contribution in [-0.4, -0.2) is 43.0 Å². The lowest BCUT2D eigenvalue weighted by Crippen LogP contribution is -2.52. The number of nitrogens with zero attached hydrogens (tertiary/aromatic N) is 1. The summed E-state index contributed by atoms with van der Waals surface area (Å²) in [5, 5.41) is 3.26. The molecule has 2 amide bonds. The zero-order chi connectivity index (χ0) is 14.8. The van der Waals surface area contributed by atoms with Gasteiger partial charge in [-0.1, -0.05) is 24.3 Å². The Bertz CT molecular complexity index is 558. The summed E-state index contributed by atoms with van der Waals surface area (Å²) < 4.78 is 5.82. The van der Waals surface area contributed by atoms with Gasteiger partial charge in [0.15, 0.2) is 0 Å². The summed E-state index contributed by atoms with van der Waals surface area (Å²) >= 11 is 0. The molecule has 1 N–H and O–H groups in total. The van der Waals surface area contributed by atoms with Crippen LogP contribution in [0.15, 0.2) is 24.3 Å².